The molecular formula is C13H18N4O3. The number of benzene rings is 1. The second-order valence-electron chi connectivity index (χ2n) is 5.37. The maximum atomic E-state index is 11.3. The van der Waals surface area contributed by atoms with E-state index in [0.29, 0.717) is 29.4 Å². The average Bonchev–Trinajstić information content (AvgIpc) is 2.36. The number of hydrogen-bond acceptors (Lipinski definition) is 5. The summed E-state index contributed by atoms with van der Waals surface area (Å²) in [6.07, 6.45) is 0. The Balaban J connectivity index is 2.19. The average molecular weight is 278 g/mol. The Hall–Kier alpha value is -2.44. The first-order valence-electron chi connectivity index (χ1n) is 6.19. The monoisotopic (exact) mass is 278 g/mol. The van der Waals surface area contributed by atoms with E-state index in [1.807, 2.05) is 0 Å². The molecule has 2 amide bonds. The van der Waals surface area contributed by atoms with E-state index >= 15 is 0 Å². The number of carbonyl (C=O) groups excluding carboxylic acids is 2. The van der Waals surface area contributed by atoms with Crippen LogP contribution in [0.1, 0.15) is 13.8 Å². The van der Waals surface area contributed by atoms with Crippen molar-refractivity contribution in [3.05, 3.63) is 12.1 Å². The number of nitrogens with one attached hydrogen (secondary N) is 2. The lowest BCUT2D eigenvalue weighted by molar-refractivity contribution is -0.125. The van der Waals surface area contributed by atoms with Gasteiger partial charge in [0.2, 0.25) is 5.91 Å². The standard InChI is InChI=1S/C13H18N4O3/c1-13(2,12(15)19)6-16-8-4-9-10(3-7(8)14)20-5-11(18)17-9/h3-4,16H,5-6,14H2,1-2H3,(H2,15,19)(H,17,18). The van der Waals surface area contributed by atoms with E-state index in [-0.39, 0.29) is 12.5 Å². The quantitative estimate of drug-likeness (QED) is 0.599. The zero-order valence-corrected chi connectivity index (χ0v) is 11.4. The Labute approximate surface area is 116 Å². The van der Waals surface area contributed by atoms with Gasteiger partial charge in [0, 0.05) is 12.6 Å². The summed E-state index contributed by atoms with van der Waals surface area (Å²) in [6, 6.07) is 3.31. The lowest BCUT2D eigenvalue weighted by Crippen LogP contribution is -2.37. The largest absolute Gasteiger partial charge is 0.482 e. The summed E-state index contributed by atoms with van der Waals surface area (Å²) in [4.78, 5) is 22.6. The van der Waals surface area contributed by atoms with Gasteiger partial charge in [0.25, 0.3) is 5.91 Å². The number of amides is 2. The Kier molecular flexibility index (Phi) is 3.44. The number of carbonyl (C=O) groups is 2. The molecule has 0 fully saturated rings. The first kappa shape index (κ1) is 14.0. The van der Waals surface area contributed by atoms with Crippen LogP contribution < -0.4 is 26.8 Å². The molecule has 1 aromatic rings. The van der Waals surface area contributed by atoms with Crippen molar-refractivity contribution in [2.45, 2.75) is 13.8 Å². The molecule has 7 nitrogen and oxygen atoms in total. The molecule has 1 aliphatic heterocycles. The molecular weight excluding hydrogens is 260 g/mol. The van der Waals surface area contributed by atoms with Gasteiger partial charge < -0.3 is 26.8 Å². The normalized spacial score (nSPS) is 14.0. The smallest absolute Gasteiger partial charge is 0.262 e. The Morgan fingerprint density at radius 2 is 2.20 bits per heavy atom. The molecule has 0 atom stereocenters. The Bertz CT molecular complexity index is 569. The van der Waals surface area contributed by atoms with Crippen molar-refractivity contribution in [3.8, 4) is 5.75 Å². The minimum Gasteiger partial charge on any atom is -0.482 e. The molecule has 2 rings (SSSR count). The second kappa shape index (κ2) is 4.92. The first-order chi connectivity index (χ1) is 9.29. The molecule has 7 heteroatoms. The summed E-state index contributed by atoms with van der Waals surface area (Å²) in [5.41, 5.74) is 12.2. The van der Waals surface area contributed by atoms with Crippen LogP contribution in [0.15, 0.2) is 12.1 Å². The van der Waals surface area contributed by atoms with Gasteiger partial charge in [-0.1, -0.05) is 0 Å². The van der Waals surface area contributed by atoms with Crippen molar-refractivity contribution >= 4 is 28.9 Å². The molecule has 0 spiro atoms. The highest BCUT2D eigenvalue weighted by Gasteiger charge is 2.25. The van der Waals surface area contributed by atoms with Crippen LogP contribution in [0.3, 0.4) is 0 Å². The van der Waals surface area contributed by atoms with E-state index in [1.165, 1.54) is 0 Å². The highest BCUT2D eigenvalue weighted by atomic mass is 16.5. The third-order valence-corrected chi connectivity index (χ3v) is 3.17. The molecule has 0 unspecified atom stereocenters. The molecule has 0 bridgehead atoms. The fraction of sp³-hybridized carbons (Fsp3) is 0.385. The molecule has 6 N–H and O–H groups in total. The van der Waals surface area contributed by atoms with E-state index < -0.39 is 11.3 Å². The van der Waals surface area contributed by atoms with Crippen LogP contribution >= 0.6 is 0 Å². The maximum Gasteiger partial charge on any atom is 0.262 e. The number of hydrogen-bond donors (Lipinski definition) is 4. The van der Waals surface area contributed by atoms with Crippen LogP contribution in [0.5, 0.6) is 5.75 Å². The number of nitrogens with two attached hydrogens (primary N) is 2. The molecule has 1 aliphatic rings. The van der Waals surface area contributed by atoms with Gasteiger partial charge in [-0.3, -0.25) is 9.59 Å². The zero-order chi connectivity index (χ0) is 14.9. The summed E-state index contributed by atoms with van der Waals surface area (Å²) in [5.74, 6) is -0.0920. The summed E-state index contributed by atoms with van der Waals surface area (Å²) in [5, 5.41) is 5.76. The molecule has 0 aromatic heterocycles. The summed E-state index contributed by atoms with van der Waals surface area (Å²) < 4.78 is 5.26. The van der Waals surface area contributed by atoms with Crippen LogP contribution in [0.2, 0.25) is 0 Å². The predicted octanol–water partition coefficient (Wildman–Crippen LogP) is 0.523. The summed E-state index contributed by atoms with van der Waals surface area (Å²) in [6.45, 7) is 3.79. The number of anilines is 3. The van der Waals surface area contributed by atoms with Crippen molar-refractivity contribution in [2.24, 2.45) is 11.1 Å². The molecule has 0 aliphatic carbocycles. The van der Waals surface area contributed by atoms with Crippen LogP contribution in [0.4, 0.5) is 17.1 Å². The van der Waals surface area contributed by atoms with Crippen LogP contribution in [-0.4, -0.2) is 25.0 Å². The first-order valence-corrected chi connectivity index (χ1v) is 6.19. The highest BCUT2D eigenvalue weighted by Crippen LogP contribution is 2.35. The van der Waals surface area contributed by atoms with E-state index in [1.54, 1.807) is 26.0 Å². The molecule has 108 valence electrons. The van der Waals surface area contributed by atoms with E-state index in [9.17, 15) is 9.59 Å². The SMILES string of the molecule is CC(C)(CNc1cc2c(cc1N)OCC(=O)N2)C(N)=O. The number of ether oxygens (including phenoxy) is 1. The van der Waals surface area contributed by atoms with Crippen molar-refractivity contribution in [3.63, 3.8) is 0 Å². The molecule has 1 heterocycles. The predicted molar refractivity (Wildman–Crippen MR) is 76.4 cm³/mol. The number of rotatable bonds is 4. The Morgan fingerprint density at radius 1 is 1.50 bits per heavy atom. The highest BCUT2D eigenvalue weighted by molar-refractivity contribution is 5.97. The maximum absolute atomic E-state index is 11.3. The van der Waals surface area contributed by atoms with E-state index in [2.05, 4.69) is 10.6 Å². The fourth-order valence-electron chi connectivity index (χ4n) is 1.70. The van der Waals surface area contributed by atoms with Crippen molar-refractivity contribution in [1.29, 1.82) is 0 Å². The molecule has 0 radical (unpaired) electrons. The number of primary amides is 1. The summed E-state index contributed by atoms with van der Waals surface area (Å²) >= 11 is 0. The molecule has 0 saturated carbocycles. The van der Waals surface area contributed by atoms with Gasteiger partial charge in [-0.05, 0) is 19.9 Å². The van der Waals surface area contributed by atoms with Gasteiger partial charge in [0.05, 0.1) is 22.5 Å². The van der Waals surface area contributed by atoms with E-state index in [4.69, 9.17) is 16.2 Å². The topological polar surface area (TPSA) is 119 Å². The lowest BCUT2D eigenvalue weighted by atomic mass is 9.92. The van der Waals surface area contributed by atoms with Gasteiger partial charge in [0.1, 0.15) is 5.75 Å². The minimum atomic E-state index is -0.706. The van der Waals surface area contributed by atoms with Gasteiger partial charge in [0.15, 0.2) is 6.61 Å². The van der Waals surface area contributed by atoms with Crippen LogP contribution in [0.25, 0.3) is 0 Å². The third-order valence-electron chi connectivity index (χ3n) is 3.17. The summed E-state index contributed by atoms with van der Waals surface area (Å²) in [7, 11) is 0. The van der Waals surface area contributed by atoms with Gasteiger partial charge in [-0.15, -0.1) is 0 Å². The second-order valence-corrected chi connectivity index (χ2v) is 5.37. The van der Waals surface area contributed by atoms with Crippen molar-refractivity contribution < 1.29 is 14.3 Å². The van der Waals surface area contributed by atoms with Gasteiger partial charge in [-0.25, -0.2) is 0 Å². The number of nitrogen functional groups attached to an aromatic ring is 1. The molecule has 1 aromatic carbocycles. The van der Waals surface area contributed by atoms with Gasteiger partial charge in [-0.2, -0.15) is 0 Å². The van der Waals surface area contributed by atoms with E-state index in [0.717, 1.165) is 0 Å². The molecule has 0 saturated heterocycles. The Morgan fingerprint density at radius 3 is 2.85 bits per heavy atom. The van der Waals surface area contributed by atoms with Crippen LogP contribution in [0, 0.1) is 5.41 Å². The third kappa shape index (κ3) is 2.76. The van der Waals surface area contributed by atoms with Gasteiger partial charge >= 0.3 is 0 Å². The van der Waals surface area contributed by atoms with Crippen molar-refractivity contribution in [2.75, 3.05) is 29.5 Å². The van der Waals surface area contributed by atoms with Crippen LogP contribution in [-0.2, 0) is 9.59 Å². The fourth-order valence-corrected chi connectivity index (χ4v) is 1.70. The number of fused-ring (bicyclic) bond motifs is 1. The zero-order valence-electron chi connectivity index (χ0n) is 11.4. The minimum absolute atomic E-state index is 0.0199. The lowest BCUT2D eigenvalue weighted by Gasteiger charge is -2.24. The van der Waals surface area contributed by atoms with Crippen molar-refractivity contribution in [1.82, 2.24) is 0 Å². The molecule has 20 heavy (non-hydrogen) atoms.